The maximum atomic E-state index is 12.5. The summed E-state index contributed by atoms with van der Waals surface area (Å²) < 4.78 is 5.86. The molecule has 1 amide bonds. The first kappa shape index (κ1) is 18.4. The van der Waals surface area contributed by atoms with Gasteiger partial charge in [-0.3, -0.25) is 4.79 Å². The number of benzene rings is 2. The van der Waals surface area contributed by atoms with E-state index in [0.717, 1.165) is 0 Å². The Bertz CT molecular complexity index is 903. The Hall–Kier alpha value is -3.41. The Balaban J connectivity index is 1.73. The van der Waals surface area contributed by atoms with E-state index in [9.17, 15) is 4.79 Å². The Morgan fingerprint density at radius 2 is 1.59 bits per heavy atom. The van der Waals surface area contributed by atoms with E-state index >= 15 is 0 Å². The molecular weight excluding hydrogens is 340 g/mol. The number of rotatable bonds is 5. The molecule has 0 aliphatic carbocycles. The number of hydrogen-bond acceptors (Lipinski definition) is 5. The number of carbonyl (C=O) groups excluding carboxylic acids is 1. The van der Waals surface area contributed by atoms with Crippen molar-refractivity contribution in [3.8, 4) is 11.5 Å². The van der Waals surface area contributed by atoms with E-state index in [0.29, 0.717) is 23.0 Å². The van der Waals surface area contributed by atoms with E-state index in [4.69, 9.17) is 4.74 Å². The van der Waals surface area contributed by atoms with Crippen LogP contribution < -0.4 is 15.4 Å². The molecule has 138 valence electrons. The molecule has 3 rings (SSSR count). The fraction of sp³-hybridized carbons (Fsp3) is 0.190. The minimum absolute atomic E-state index is 0.133. The largest absolute Gasteiger partial charge is 0.455 e. The lowest BCUT2D eigenvalue weighted by Crippen LogP contribution is -2.27. The second-order valence-corrected chi connectivity index (χ2v) is 7.04. The van der Waals surface area contributed by atoms with Gasteiger partial charge in [0.15, 0.2) is 11.4 Å². The lowest BCUT2D eigenvalue weighted by molar-refractivity contribution is 0.102. The molecule has 0 atom stereocenters. The number of carbonyl (C=O) groups is 1. The van der Waals surface area contributed by atoms with Crippen LogP contribution in [-0.2, 0) is 0 Å². The summed E-state index contributed by atoms with van der Waals surface area (Å²) in [6, 6.07) is 20.0. The third-order valence-electron chi connectivity index (χ3n) is 3.51. The van der Waals surface area contributed by atoms with Gasteiger partial charge in [-0.25, -0.2) is 0 Å². The van der Waals surface area contributed by atoms with Crippen LogP contribution in [0, 0.1) is 0 Å². The van der Waals surface area contributed by atoms with Crippen LogP contribution in [0.15, 0.2) is 66.7 Å². The van der Waals surface area contributed by atoms with Crippen LogP contribution in [0.2, 0.25) is 0 Å². The molecule has 27 heavy (non-hydrogen) atoms. The second-order valence-electron chi connectivity index (χ2n) is 7.04. The van der Waals surface area contributed by atoms with Crippen molar-refractivity contribution in [2.24, 2.45) is 0 Å². The smallest absolute Gasteiger partial charge is 0.276 e. The van der Waals surface area contributed by atoms with Gasteiger partial charge in [0.1, 0.15) is 11.6 Å². The summed E-state index contributed by atoms with van der Waals surface area (Å²) in [5.74, 6) is 1.51. The normalized spacial score (nSPS) is 10.9. The van der Waals surface area contributed by atoms with Crippen LogP contribution >= 0.6 is 0 Å². The molecule has 0 aliphatic heterocycles. The summed E-state index contributed by atoms with van der Waals surface area (Å²) in [7, 11) is 0. The molecule has 6 heteroatoms. The summed E-state index contributed by atoms with van der Waals surface area (Å²) in [4.78, 5) is 12.5. The molecule has 0 fully saturated rings. The van der Waals surface area contributed by atoms with E-state index in [1.807, 2.05) is 63.2 Å². The summed E-state index contributed by atoms with van der Waals surface area (Å²) in [5.41, 5.74) is 0.653. The van der Waals surface area contributed by atoms with Crippen molar-refractivity contribution in [3.05, 3.63) is 72.4 Å². The van der Waals surface area contributed by atoms with Gasteiger partial charge in [0.05, 0.1) is 5.69 Å². The highest BCUT2D eigenvalue weighted by Crippen LogP contribution is 2.29. The minimum Gasteiger partial charge on any atom is -0.455 e. The van der Waals surface area contributed by atoms with Crippen LogP contribution in [-0.4, -0.2) is 21.6 Å². The number of nitrogens with zero attached hydrogens (tertiary/aromatic N) is 2. The molecule has 0 aliphatic rings. The Morgan fingerprint density at radius 1 is 0.889 bits per heavy atom. The van der Waals surface area contributed by atoms with Crippen LogP contribution in [0.3, 0.4) is 0 Å². The minimum atomic E-state index is -0.353. The maximum Gasteiger partial charge on any atom is 0.276 e. The lowest BCUT2D eigenvalue weighted by Gasteiger charge is -2.20. The standard InChI is InChI=1S/C21H22N4O2/c1-21(2,3)23-19-14-13-17(24-25-19)20(26)22-16-11-7-8-12-18(16)27-15-9-5-4-6-10-15/h4-14H,1-3H3,(H,22,26)(H,23,25). The fourth-order valence-electron chi connectivity index (χ4n) is 2.37. The van der Waals surface area contributed by atoms with Gasteiger partial charge < -0.3 is 15.4 Å². The number of hydrogen-bond donors (Lipinski definition) is 2. The number of nitrogens with one attached hydrogen (secondary N) is 2. The average molecular weight is 362 g/mol. The first-order valence-electron chi connectivity index (χ1n) is 8.66. The lowest BCUT2D eigenvalue weighted by atomic mass is 10.1. The zero-order valence-electron chi connectivity index (χ0n) is 15.6. The zero-order valence-corrected chi connectivity index (χ0v) is 15.6. The molecule has 0 radical (unpaired) electrons. The molecule has 0 saturated carbocycles. The van der Waals surface area contributed by atoms with Gasteiger partial charge in [0, 0.05) is 5.54 Å². The molecule has 0 saturated heterocycles. The van der Waals surface area contributed by atoms with Gasteiger partial charge in [0.25, 0.3) is 5.91 Å². The molecule has 0 bridgehead atoms. The van der Waals surface area contributed by atoms with Gasteiger partial charge in [-0.1, -0.05) is 30.3 Å². The topological polar surface area (TPSA) is 76.1 Å². The Kier molecular flexibility index (Phi) is 5.35. The predicted octanol–water partition coefficient (Wildman–Crippen LogP) is 4.73. The van der Waals surface area contributed by atoms with Crippen molar-refractivity contribution in [2.75, 3.05) is 10.6 Å². The quantitative estimate of drug-likeness (QED) is 0.686. The van der Waals surface area contributed by atoms with E-state index in [1.165, 1.54) is 0 Å². The third kappa shape index (κ3) is 5.28. The fourth-order valence-corrected chi connectivity index (χ4v) is 2.37. The molecule has 3 aromatic rings. The Labute approximate surface area is 158 Å². The highest BCUT2D eigenvalue weighted by atomic mass is 16.5. The van der Waals surface area contributed by atoms with Gasteiger partial charge in [-0.15, -0.1) is 10.2 Å². The molecule has 1 aromatic heterocycles. The molecule has 0 unspecified atom stereocenters. The van der Waals surface area contributed by atoms with Crippen LogP contribution in [0.5, 0.6) is 11.5 Å². The van der Waals surface area contributed by atoms with Crippen LogP contribution in [0.25, 0.3) is 0 Å². The highest BCUT2D eigenvalue weighted by Gasteiger charge is 2.14. The summed E-state index contributed by atoms with van der Waals surface area (Å²) in [6.07, 6.45) is 0. The first-order chi connectivity index (χ1) is 12.9. The average Bonchev–Trinajstić information content (AvgIpc) is 2.63. The van der Waals surface area contributed by atoms with Gasteiger partial charge in [0.2, 0.25) is 0 Å². The number of aromatic nitrogens is 2. The van der Waals surface area contributed by atoms with Gasteiger partial charge in [-0.2, -0.15) is 0 Å². The molecule has 0 spiro atoms. The maximum absolute atomic E-state index is 12.5. The predicted molar refractivity (Wildman–Crippen MR) is 106 cm³/mol. The van der Waals surface area contributed by atoms with E-state index < -0.39 is 0 Å². The van der Waals surface area contributed by atoms with Crippen molar-refractivity contribution in [3.63, 3.8) is 0 Å². The van der Waals surface area contributed by atoms with Crippen molar-refractivity contribution in [2.45, 2.75) is 26.3 Å². The molecule has 2 aromatic carbocycles. The monoisotopic (exact) mass is 362 g/mol. The number of anilines is 2. The van der Waals surface area contributed by atoms with Crippen LogP contribution in [0.1, 0.15) is 31.3 Å². The second kappa shape index (κ2) is 7.86. The SMILES string of the molecule is CC(C)(C)Nc1ccc(C(=O)Nc2ccccc2Oc2ccccc2)nn1. The van der Waals surface area contributed by atoms with Crippen molar-refractivity contribution in [1.29, 1.82) is 0 Å². The van der Waals surface area contributed by atoms with E-state index in [-0.39, 0.29) is 17.1 Å². The molecule has 1 heterocycles. The summed E-state index contributed by atoms with van der Waals surface area (Å²) >= 11 is 0. The van der Waals surface area contributed by atoms with E-state index in [2.05, 4.69) is 20.8 Å². The third-order valence-corrected chi connectivity index (χ3v) is 3.51. The highest BCUT2D eigenvalue weighted by molar-refractivity contribution is 6.03. The van der Waals surface area contributed by atoms with Gasteiger partial charge >= 0.3 is 0 Å². The molecule has 2 N–H and O–H groups in total. The summed E-state index contributed by atoms with van der Waals surface area (Å²) in [5, 5.41) is 14.1. The molecular formula is C21H22N4O2. The number of ether oxygens (including phenoxy) is 1. The van der Waals surface area contributed by atoms with Gasteiger partial charge in [-0.05, 0) is 57.2 Å². The van der Waals surface area contributed by atoms with Crippen LogP contribution in [0.4, 0.5) is 11.5 Å². The number of para-hydroxylation sites is 3. The number of amides is 1. The first-order valence-corrected chi connectivity index (χ1v) is 8.66. The van der Waals surface area contributed by atoms with Crippen molar-refractivity contribution < 1.29 is 9.53 Å². The van der Waals surface area contributed by atoms with E-state index in [1.54, 1.807) is 24.3 Å². The van der Waals surface area contributed by atoms with Crippen molar-refractivity contribution >= 4 is 17.4 Å². The summed E-state index contributed by atoms with van der Waals surface area (Å²) in [6.45, 7) is 6.08. The van der Waals surface area contributed by atoms with Crippen molar-refractivity contribution in [1.82, 2.24) is 10.2 Å². The molecule has 6 nitrogen and oxygen atoms in total. The Morgan fingerprint density at radius 3 is 2.26 bits per heavy atom. The zero-order chi connectivity index (χ0) is 19.3.